The number of carboxylic acid groups (broad SMARTS) is 1. The highest BCUT2D eigenvalue weighted by atomic mass is 19.1. The minimum atomic E-state index is -1.25. The standard InChI is InChI=1S/C12H15FN2O4/c1-2-19-6-5-14-12(18)15-10-7-8(13)3-4-9(10)11(16)17/h3-4,7H,2,5-6H2,1H3,(H,16,17)(H2,14,15,18). The highest BCUT2D eigenvalue weighted by Crippen LogP contribution is 2.17. The van der Waals surface area contributed by atoms with E-state index in [-0.39, 0.29) is 17.8 Å². The van der Waals surface area contributed by atoms with Crippen LogP contribution in [0.1, 0.15) is 17.3 Å². The third kappa shape index (κ3) is 4.92. The first-order valence-corrected chi connectivity index (χ1v) is 5.70. The molecule has 0 fully saturated rings. The van der Waals surface area contributed by atoms with E-state index >= 15 is 0 Å². The third-order valence-corrected chi connectivity index (χ3v) is 2.20. The molecule has 0 bridgehead atoms. The summed E-state index contributed by atoms with van der Waals surface area (Å²) >= 11 is 0. The lowest BCUT2D eigenvalue weighted by molar-refractivity contribution is 0.0698. The molecule has 6 nitrogen and oxygen atoms in total. The van der Waals surface area contributed by atoms with Crippen LogP contribution in [0.25, 0.3) is 0 Å². The van der Waals surface area contributed by atoms with Crippen molar-refractivity contribution in [2.45, 2.75) is 6.92 Å². The van der Waals surface area contributed by atoms with Crippen LogP contribution < -0.4 is 10.6 Å². The molecular weight excluding hydrogens is 255 g/mol. The second-order valence-corrected chi connectivity index (χ2v) is 3.57. The molecule has 0 atom stereocenters. The van der Waals surface area contributed by atoms with Crippen LogP contribution in [0.3, 0.4) is 0 Å². The summed E-state index contributed by atoms with van der Waals surface area (Å²) in [6.07, 6.45) is 0. The van der Waals surface area contributed by atoms with Crippen molar-refractivity contribution in [1.29, 1.82) is 0 Å². The number of carbonyl (C=O) groups is 2. The number of rotatable bonds is 6. The molecule has 0 saturated heterocycles. The number of carbonyl (C=O) groups excluding carboxylic acids is 1. The Kier molecular flexibility index (Phi) is 5.74. The number of halogens is 1. The van der Waals surface area contributed by atoms with Gasteiger partial charge in [-0.2, -0.15) is 0 Å². The average Bonchev–Trinajstić information content (AvgIpc) is 2.34. The van der Waals surface area contributed by atoms with Crippen LogP contribution in [-0.2, 0) is 4.74 Å². The molecule has 1 aromatic rings. The number of benzene rings is 1. The Labute approximate surface area is 109 Å². The molecular formula is C12H15FN2O4. The van der Waals surface area contributed by atoms with Crippen molar-refractivity contribution in [3.05, 3.63) is 29.6 Å². The number of anilines is 1. The van der Waals surface area contributed by atoms with E-state index in [2.05, 4.69) is 10.6 Å². The van der Waals surface area contributed by atoms with Gasteiger partial charge in [-0.15, -0.1) is 0 Å². The molecule has 0 aliphatic heterocycles. The van der Waals surface area contributed by atoms with Crippen LogP contribution in [0.2, 0.25) is 0 Å². The van der Waals surface area contributed by atoms with Gasteiger partial charge in [0.15, 0.2) is 0 Å². The lowest BCUT2D eigenvalue weighted by Crippen LogP contribution is -2.32. The second kappa shape index (κ2) is 7.32. The molecule has 1 aromatic carbocycles. The molecule has 1 rings (SSSR count). The summed E-state index contributed by atoms with van der Waals surface area (Å²) in [5.74, 6) is -1.88. The van der Waals surface area contributed by atoms with Crippen LogP contribution >= 0.6 is 0 Å². The molecule has 3 N–H and O–H groups in total. The van der Waals surface area contributed by atoms with E-state index in [0.29, 0.717) is 13.2 Å². The number of carboxylic acids is 1. The maximum Gasteiger partial charge on any atom is 0.337 e. The molecule has 2 amide bonds. The first-order valence-electron chi connectivity index (χ1n) is 5.70. The Morgan fingerprint density at radius 2 is 2.16 bits per heavy atom. The highest BCUT2D eigenvalue weighted by Gasteiger charge is 2.13. The molecule has 0 saturated carbocycles. The fourth-order valence-electron chi connectivity index (χ4n) is 1.35. The van der Waals surface area contributed by atoms with Gasteiger partial charge in [-0.3, -0.25) is 0 Å². The Bertz CT molecular complexity index is 465. The lowest BCUT2D eigenvalue weighted by atomic mass is 10.2. The molecule has 0 radical (unpaired) electrons. The van der Waals surface area contributed by atoms with Gasteiger partial charge in [-0.05, 0) is 25.1 Å². The van der Waals surface area contributed by atoms with Crippen LogP contribution in [0.5, 0.6) is 0 Å². The monoisotopic (exact) mass is 270 g/mol. The summed E-state index contributed by atoms with van der Waals surface area (Å²) < 4.78 is 18.0. The number of ether oxygens (including phenoxy) is 1. The van der Waals surface area contributed by atoms with E-state index in [0.717, 1.165) is 18.2 Å². The Morgan fingerprint density at radius 1 is 1.42 bits per heavy atom. The quantitative estimate of drug-likeness (QED) is 0.686. The van der Waals surface area contributed by atoms with Gasteiger partial charge in [-0.25, -0.2) is 14.0 Å². The fourth-order valence-corrected chi connectivity index (χ4v) is 1.35. The first-order chi connectivity index (χ1) is 9.04. The third-order valence-electron chi connectivity index (χ3n) is 2.20. The van der Waals surface area contributed by atoms with Gasteiger partial charge >= 0.3 is 12.0 Å². The largest absolute Gasteiger partial charge is 0.478 e. The van der Waals surface area contributed by atoms with E-state index in [1.54, 1.807) is 0 Å². The topological polar surface area (TPSA) is 87.7 Å². The minimum absolute atomic E-state index is 0.0959. The summed E-state index contributed by atoms with van der Waals surface area (Å²) in [6, 6.07) is 2.44. The maximum absolute atomic E-state index is 13.0. The predicted molar refractivity (Wildman–Crippen MR) is 66.9 cm³/mol. The fraction of sp³-hybridized carbons (Fsp3) is 0.333. The minimum Gasteiger partial charge on any atom is -0.478 e. The Balaban J connectivity index is 2.62. The summed E-state index contributed by atoms with van der Waals surface area (Å²) in [5.41, 5.74) is -0.275. The van der Waals surface area contributed by atoms with E-state index in [4.69, 9.17) is 9.84 Å². The zero-order valence-corrected chi connectivity index (χ0v) is 10.4. The normalized spacial score (nSPS) is 10.0. The number of urea groups is 1. The van der Waals surface area contributed by atoms with Crippen LogP contribution in [-0.4, -0.2) is 36.9 Å². The van der Waals surface area contributed by atoms with Crippen molar-refractivity contribution < 1.29 is 23.8 Å². The summed E-state index contributed by atoms with van der Waals surface area (Å²) in [5, 5.41) is 13.6. The Hall–Kier alpha value is -2.15. The first kappa shape index (κ1) is 14.9. The summed E-state index contributed by atoms with van der Waals surface area (Å²) in [6.45, 7) is 2.98. The van der Waals surface area contributed by atoms with E-state index in [1.165, 1.54) is 0 Å². The van der Waals surface area contributed by atoms with Crippen LogP contribution in [0, 0.1) is 5.82 Å². The van der Waals surface area contributed by atoms with E-state index in [1.807, 2.05) is 6.92 Å². The van der Waals surface area contributed by atoms with Gasteiger partial charge < -0.3 is 20.5 Å². The highest BCUT2D eigenvalue weighted by molar-refractivity contribution is 5.99. The van der Waals surface area contributed by atoms with Gasteiger partial charge in [0.2, 0.25) is 0 Å². The molecule has 0 unspecified atom stereocenters. The number of nitrogens with one attached hydrogen (secondary N) is 2. The molecule has 0 aromatic heterocycles. The second-order valence-electron chi connectivity index (χ2n) is 3.57. The van der Waals surface area contributed by atoms with Gasteiger partial charge in [0.1, 0.15) is 5.82 Å². The van der Waals surface area contributed by atoms with E-state index < -0.39 is 17.8 Å². The smallest absolute Gasteiger partial charge is 0.337 e. The summed E-state index contributed by atoms with van der Waals surface area (Å²) in [4.78, 5) is 22.4. The molecule has 0 heterocycles. The maximum atomic E-state index is 13.0. The number of hydrogen-bond acceptors (Lipinski definition) is 3. The van der Waals surface area contributed by atoms with Gasteiger partial charge in [0.05, 0.1) is 17.9 Å². The summed E-state index contributed by atoms with van der Waals surface area (Å²) in [7, 11) is 0. The van der Waals surface area contributed by atoms with Crippen molar-refractivity contribution >= 4 is 17.7 Å². The zero-order chi connectivity index (χ0) is 14.3. The van der Waals surface area contributed by atoms with Gasteiger partial charge in [-0.1, -0.05) is 0 Å². The SMILES string of the molecule is CCOCCNC(=O)Nc1cc(F)ccc1C(=O)O. The Morgan fingerprint density at radius 3 is 2.79 bits per heavy atom. The number of hydrogen-bond donors (Lipinski definition) is 3. The van der Waals surface area contributed by atoms with Crippen LogP contribution in [0.4, 0.5) is 14.9 Å². The molecule has 0 spiro atoms. The molecule has 0 aliphatic carbocycles. The van der Waals surface area contributed by atoms with Crippen LogP contribution in [0.15, 0.2) is 18.2 Å². The van der Waals surface area contributed by atoms with Crippen molar-refractivity contribution in [2.24, 2.45) is 0 Å². The lowest BCUT2D eigenvalue weighted by Gasteiger charge is -2.10. The number of amides is 2. The van der Waals surface area contributed by atoms with Gasteiger partial charge in [0.25, 0.3) is 0 Å². The van der Waals surface area contributed by atoms with Crippen molar-refractivity contribution in [3.63, 3.8) is 0 Å². The average molecular weight is 270 g/mol. The van der Waals surface area contributed by atoms with Crippen molar-refractivity contribution in [3.8, 4) is 0 Å². The van der Waals surface area contributed by atoms with Crippen molar-refractivity contribution in [2.75, 3.05) is 25.1 Å². The molecule has 7 heteroatoms. The van der Waals surface area contributed by atoms with E-state index in [9.17, 15) is 14.0 Å². The van der Waals surface area contributed by atoms with Crippen molar-refractivity contribution in [1.82, 2.24) is 5.32 Å². The molecule has 104 valence electrons. The molecule has 0 aliphatic rings. The molecule has 19 heavy (non-hydrogen) atoms. The zero-order valence-electron chi connectivity index (χ0n) is 10.4. The number of aromatic carboxylic acids is 1. The van der Waals surface area contributed by atoms with Gasteiger partial charge in [0, 0.05) is 13.2 Å². The predicted octanol–water partition coefficient (Wildman–Crippen LogP) is 1.68.